The number of carbonyl (C=O) groups is 2. The predicted octanol–water partition coefficient (Wildman–Crippen LogP) is 1.21. The zero-order valence-electron chi connectivity index (χ0n) is 12.6. The van der Waals surface area contributed by atoms with Gasteiger partial charge in [0.15, 0.2) is 0 Å². The van der Waals surface area contributed by atoms with Gasteiger partial charge in [0.25, 0.3) is 5.09 Å². The van der Waals surface area contributed by atoms with Crippen molar-refractivity contribution in [3.05, 3.63) is 10.1 Å². The fourth-order valence-electron chi connectivity index (χ4n) is 2.16. The molecule has 120 valence electrons. The number of hydrogen-bond acceptors (Lipinski definition) is 6. The SMILES string of the molecule is CC(=O)OCC(C)(C)C(=O)NC1CCC(O[N+](=O)[O-])CC1. The van der Waals surface area contributed by atoms with Gasteiger partial charge in [0, 0.05) is 13.0 Å². The summed E-state index contributed by atoms with van der Waals surface area (Å²) in [6, 6.07) is -0.0271. The molecule has 0 spiro atoms. The van der Waals surface area contributed by atoms with Crippen LogP contribution in [0.1, 0.15) is 46.5 Å². The summed E-state index contributed by atoms with van der Waals surface area (Å²) in [5.41, 5.74) is -0.806. The quantitative estimate of drug-likeness (QED) is 0.449. The van der Waals surface area contributed by atoms with Crippen LogP contribution in [0.5, 0.6) is 0 Å². The van der Waals surface area contributed by atoms with Crippen molar-refractivity contribution in [2.45, 2.75) is 58.6 Å². The molecule has 21 heavy (non-hydrogen) atoms. The Hall–Kier alpha value is -1.86. The minimum Gasteiger partial charge on any atom is -0.465 e. The van der Waals surface area contributed by atoms with Gasteiger partial charge in [0.05, 0.1) is 5.41 Å². The summed E-state index contributed by atoms with van der Waals surface area (Å²) in [5, 5.41) is 12.4. The summed E-state index contributed by atoms with van der Waals surface area (Å²) in [6.45, 7) is 4.72. The molecule has 8 nitrogen and oxygen atoms in total. The zero-order chi connectivity index (χ0) is 16.0. The molecule has 0 atom stereocenters. The van der Waals surface area contributed by atoms with Gasteiger partial charge in [-0.15, -0.1) is 10.1 Å². The maximum Gasteiger partial charge on any atom is 0.302 e. The molecule has 0 radical (unpaired) electrons. The molecule has 1 saturated carbocycles. The Morgan fingerprint density at radius 3 is 2.33 bits per heavy atom. The Morgan fingerprint density at radius 2 is 1.86 bits per heavy atom. The van der Waals surface area contributed by atoms with E-state index in [1.165, 1.54) is 6.92 Å². The highest BCUT2D eigenvalue weighted by molar-refractivity contribution is 5.82. The molecular formula is C13H22N2O6. The van der Waals surface area contributed by atoms with Crippen molar-refractivity contribution < 1.29 is 24.3 Å². The fraction of sp³-hybridized carbons (Fsp3) is 0.846. The van der Waals surface area contributed by atoms with Crippen LogP contribution in [0.4, 0.5) is 0 Å². The molecule has 1 aliphatic rings. The molecule has 0 aromatic rings. The van der Waals surface area contributed by atoms with E-state index in [0.29, 0.717) is 25.7 Å². The van der Waals surface area contributed by atoms with Crippen LogP contribution in [0.25, 0.3) is 0 Å². The molecule has 0 heterocycles. The summed E-state index contributed by atoms with van der Waals surface area (Å²) >= 11 is 0. The lowest BCUT2D eigenvalue weighted by Gasteiger charge is -2.31. The van der Waals surface area contributed by atoms with Crippen LogP contribution in [0.3, 0.4) is 0 Å². The Balaban J connectivity index is 2.39. The molecule has 1 fully saturated rings. The Kier molecular flexibility index (Phi) is 5.92. The lowest BCUT2D eigenvalue weighted by atomic mass is 9.89. The van der Waals surface area contributed by atoms with Gasteiger partial charge in [-0.05, 0) is 39.5 Å². The third-order valence-electron chi connectivity index (χ3n) is 3.50. The maximum absolute atomic E-state index is 12.2. The van der Waals surface area contributed by atoms with Crippen molar-refractivity contribution in [1.82, 2.24) is 5.32 Å². The molecule has 1 N–H and O–H groups in total. The maximum atomic E-state index is 12.2. The Labute approximate surface area is 123 Å². The second kappa shape index (κ2) is 7.24. The molecule has 0 saturated heterocycles. The number of amides is 1. The molecule has 1 rings (SSSR count). The molecule has 8 heteroatoms. The Morgan fingerprint density at radius 1 is 1.29 bits per heavy atom. The number of hydrogen-bond donors (Lipinski definition) is 1. The standard InChI is InChI=1S/C13H22N2O6/c1-9(16)20-8-13(2,3)12(17)14-10-4-6-11(7-5-10)21-15(18)19/h10-11H,4-8H2,1-3H3,(H,14,17). The largest absolute Gasteiger partial charge is 0.465 e. The van der Waals surface area contributed by atoms with Crippen LogP contribution in [-0.2, 0) is 19.2 Å². The molecule has 0 aliphatic heterocycles. The van der Waals surface area contributed by atoms with E-state index < -0.39 is 16.5 Å². The monoisotopic (exact) mass is 302 g/mol. The van der Waals surface area contributed by atoms with Gasteiger partial charge >= 0.3 is 5.97 Å². The molecule has 0 unspecified atom stereocenters. The van der Waals surface area contributed by atoms with Crippen LogP contribution in [0.2, 0.25) is 0 Å². The van der Waals surface area contributed by atoms with Crippen molar-refractivity contribution in [2.24, 2.45) is 5.41 Å². The van der Waals surface area contributed by atoms with E-state index in [0.717, 1.165) is 0 Å². The summed E-state index contributed by atoms with van der Waals surface area (Å²) < 4.78 is 4.88. The van der Waals surface area contributed by atoms with E-state index in [-0.39, 0.29) is 24.7 Å². The number of rotatable bonds is 6. The smallest absolute Gasteiger partial charge is 0.302 e. The number of nitrogens with one attached hydrogen (secondary N) is 1. The Bertz CT molecular complexity index is 401. The summed E-state index contributed by atoms with van der Waals surface area (Å²) in [7, 11) is 0. The van der Waals surface area contributed by atoms with Crippen LogP contribution < -0.4 is 5.32 Å². The molecule has 0 aromatic carbocycles. The van der Waals surface area contributed by atoms with Crippen molar-refractivity contribution in [2.75, 3.05) is 6.61 Å². The second-order valence-corrected chi connectivity index (χ2v) is 5.94. The summed E-state index contributed by atoms with van der Waals surface area (Å²) in [5.74, 6) is -0.615. The molecular weight excluding hydrogens is 280 g/mol. The second-order valence-electron chi connectivity index (χ2n) is 5.94. The van der Waals surface area contributed by atoms with Gasteiger partial charge in [0.2, 0.25) is 5.91 Å². The predicted molar refractivity (Wildman–Crippen MR) is 72.7 cm³/mol. The van der Waals surface area contributed by atoms with Crippen LogP contribution >= 0.6 is 0 Å². The van der Waals surface area contributed by atoms with Crippen LogP contribution in [-0.4, -0.2) is 35.7 Å². The molecule has 1 amide bonds. The number of ether oxygens (including phenoxy) is 1. The third-order valence-corrected chi connectivity index (χ3v) is 3.50. The highest BCUT2D eigenvalue weighted by Gasteiger charge is 2.32. The highest BCUT2D eigenvalue weighted by atomic mass is 17.0. The van der Waals surface area contributed by atoms with Gasteiger partial charge in [-0.2, -0.15) is 0 Å². The number of esters is 1. The van der Waals surface area contributed by atoms with Crippen molar-refractivity contribution in [3.8, 4) is 0 Å². The van der Waals surface area contributed by atoms with Gasteiger partial charge in [-0.1, -0.05) is 0 Å². The fourth-order valence-corrected chi connectivity index (χ4v) is 2.16. The van der Waals surface area contributed by atoms with Crippen molar-refractivity contribution in [1.29, 1.82) is 0 Å². The van der Waals surface area contributed by atoms with Crippen molar-refractivity contribution in [3.63, 3.8) is 0 Å². The van der Waals surface area contributed by atoms with Crippen LogP contribution in [0.15, 0.2) is 0 Å². The first kappa shape index (κ1) is 17.2. The first-order valence-electron chi connectivity index (χ1n) is 6.96. The van der Waals surface area contributed by atoms with E-state index in [1.807, 2.05) is 0 Å². The average molecular weight is 302 g/mol. The van der Waals surface area contributed by atoms with Gasteiger partial charge < -0.3 is 14.9 Å². The average Bonchev–Trinajstić information content (AvgIpc) is 2.38. The van der Waals surface area contributed by atoms with E-state index in [1.54, 1.807) is 13.8 Å². The summed E-state index contributed by atoms with van der Waals surface area (Å²) in [6.07, 6.45) is 1.95. The van der Waals surface area contributed by atoms with Crippen LogP contribution in [0, 0.1) is 15.5 Å². The topological polar surface area (TPSA) is 108 Å². The number of nitrogens with zero attached hydrogens (tertiary/aromatic N) is 1. The highest BCUT2D eigenvalue weighted by Crippen LogP contribution is 2.23. The summed E-state index contributed by atoms with van der Waals surface area (Å²) in [4.78, 5) is 37.8. The lowest BCUT2D eigenvalue weighted by Crippen LogP contribution is -2.47. The van der Waals surface area contributed by atoms with E-state index >= 15 is 0 Å². The van der Waals surface area contributed by atoms with Crippen molar-refractivity contribution >= 4 is 11.9 Å². The lowest BCUT2D eigenvalue weighted by molar-refractivity contribution is -0.769. The van der Waals surface area contributed by atoms with Gasteiger partial charge in [-0.3, -0.25) is 9.59 Å². The van der Waals surface area contributed by atoms with E-state index in [2.05, 4.69) is 10.2 Å². The molecule has 0 aromatic heterocycles. The normalized spacial score (nSPS) is 22.2. The van der Waals surface area contributed by atoms with E-state index in [4.69, 9.17) is 4.74 Å². The van der Waals surface area contributed by atoms with Gasteiger partial charge in [-0.25, -0.2) is 0 Å². The molecule has 0 bridgehead atoms. The number of carbonyl (C=O) groups excluding carboxylic acids is 2. The van der Waals surface area contributed by atoms with E-state index in [9.17, 15) is 19.7 Å². The minimum absolute atomic E-state index is 0.0218. The third kappa shape index (κ3) is 5.97. The zero-order valence-corrected chi connectivity index (χ0v) is 12.6. The first-order valence-corrected chi connectivity index (χ1v) is 6.96. The minimum atomic E-state index is -0.806. The van der Waals surface area contributed by atoms with Gasteiger partial charge in [0.1, 0.15) is 12.7 Å². The molecule has 1 aliphatic carbocycles. The first-order chi connectivity index (χ1) is 9.70.